The monoisotopic (exact) mass is 277 g/mol. The number of benzene rings is 1. The average Bonchev–Trinajstić information content (AvgIpc) is 2.24. The predicted molar refractivity (Wildman–Crippen MR) is 64.1 cm³/mol. The zero-order valence-corrected chi connectivity index (χ0v) is 10.1. The van der Waals surface area contributed by atoms with Crippen LogP contribution in [-0.4, -0.2) is 25.6 Å². The van der Waals surface area contributed by atoms with Crippen LogP contribution in [-0.2, 0) is 10.0 Å². The largest absolute Gasteiger partial charge is 0.379 e. The Labute approximate surface area is 103 Å². The maximum atomic E-state index is 12.8. The van der Waals surface area contributed by atoms with Gasteiger partial charge in [0.1, 0.15) is 11.5 Å². The number of hydrogen-bond acceptors (Lipinski definition) is 5. The molecule has 1 aromatic rings. The minimum absolute atomic E-state index is 0.135. The molecule has 0 saturated heterocycles. The molecule has 9 heteroatoms. The van der Waals surface area contributed by atoms with E-state index in [4.69, 9.17) is 5.14 Å². The van der Waals surface area contributed by atoms with Crippen molar-refractivity contribution < 1.29 is 17.7 Å². The first-order valence-electron chi connectivity index (χ1n) is 4.98. The van der Waals surface area contributed by atoms with Crippen LogP contribution in [0.15, 0.2) is 18.2 Å². The third-order valence-electron chi connectivity index (χ3n) is 2.08. The third-order valence-corrected chi connectivity index (χ3v) is 2.94. The Balaban J connectivity index is 2.65. The van der Waals surface area contributed by atoms with E-state index >= 15 is 0 Å². The van der Waals surface area contributed by atoms with Gasteiger partial charge in [-0.15, -0.1) is 0 Å². The normalized spacial score (nSPS) is 11.2. The first kappa shape index (κ1) is 14.3. The number of sulfonamides is 1. The molecule has 0 aliphatic rings. The fourth-order valence-electron chi connectivity index (χ4n) is 1.30. The van der Waals surface area contributed by atoms with E-state index in [-0.39, 0.29) is 24.4 Å². The van der Waals surface area contributed by atoms with Crippen molar-refractivity contribution in [2.75, 3.05) is 17.6 Å². The molecule has 1 aromatic carbocycles. The summed E-state index contributed by atoms with van der Waals surface area (Å²) in [7, 11) is -3.55. The van der Waals surface area contributed by atoms with Crippen molar-refractivity contribution in [3.8, 4) is 0 Å². The molecule has 0 aliphatic heterocycles. The van der Waals surface area contributed by atoms with Gasteiger partial charge in [-0.1, -0.05) is 0 Å². The number of rotatable bonds is 6. The van der Waals surface area contributed by atoms with Crippen LogP contribution in [0.2, 0.25) is 0 Å². The van der Waals surface area contributed by atoms with Gasteiger partial charge in [0.05, 0.1) is 16.7 Å². The Kier molecular flexibility index (Phi) is 4.56. The maximum Gasteiger partial charge on any atom is 0.295 e. The predicted octanol–water partition coefficient (Wildman–Crippen LogP) is 0.824. The summed E-state index contributed by atoms with van der Waals surface area (Å²) in [5.41, 5.74) is -0.263. The van der Waals surface area contributed by atoms with Crippen molar-refractivity contribution in [3.63, 3.8) is 0 Å². The van der Waals surface area contributed by atoms with Gasteiger partial charge < -0.3 is 5.32 Å². The van der Waals surface area contributed by atoms with Crippen molar-refractivity contribution in [2.45, 2.75) is 6.42 Å². The van der Waals surface area contributed by atoms with E-state index < -0.39 is 26.5 Å². The lowest BCUT2D eigenvalue weighted by Crippen LogP contribution is -2.18. The summed E-state index contributed by atoms with van der Waals surface area (Å²) < 4.78 is 34.1. The SMILES string of the molecule is NS(=O)(=O)CCCNc1ccc(F)cc1[N+](=O)[O-]. The highest BCUT2D eigenvalue weighted by atomic mass is 32.2. The van der Waals surface area contributed by atoms with Gasteiger partial charge in [0.25, 0.3) is 5.69 Å². The van der Waals surface area contributed by atoms with Gasteiger partial charge in [-0.25, -0.2) is 17.9 Å². The van der Waals surface area contributed by atoms with Gasteiger partial charge in [0.15, 0.2) is 0 Å². The summed E-state index contributed by atoms with van der Waals surface area (Å²) >= 11 is 0. The van der Waals surface area contributed by atoms with E-state index in [0.717, 1.165) is 12.1 Å². The highest BCUT2D eigenvalue weighted by Crippen LogP contribution is 2.24. The number of nitro groups is 1. The van der Waals surface area contributed by atoms with Gasteiger partial charge >= 0.3 is 0 Å². The first-order valence-corrected chi connectivity index (χ1v) is 6.69. The zero-order valence-electron chi connectivity index (χ0n) is 9.30. The number of nitrogens with one attached hydrogen (secondary N) is 1. The molecule has 0 bridgehead atoms. The number of nitro benzene ring substituents is 1. The van der Waals surface area contributed by atoms with E-state index in [1.165, 1.54) is 6.07 Å². The number of primary sulfonamides is 1. The number of nitrogens with zero attached hydrogens (tertiary/aromatic N) is 1. The molecule has 100 valence electrons. The van der Waals surface area contributed by atoms with Gasteiger partial charge in [0.2, 0.25) is 10.0 Å². The molecule has 0 unspecified atom stereocenters. The summed E-state index contributed by atoms with van der Waals surface area (Å²) in [6, 6.07) is 3.10. The van der Waals surface area contributed by atoms with Crippen LogP contribution in [0, 0.1) is 15.9 Å². The molecule has 0 saturated carbocycles. The number of nitrogens with two attached hydrogens (primary N) is 1. The molecule has 3 N–H and O–H groups in total. The second-order valence-electron chi connectivity index (χ2n) is 3.57. The minimum atomic E-state index is -3.55. The molecule has 0 aliphatic carbocycles. The summed E-state index contributed by atoms with van der Waals surface area (Å²) in [6.45, 7) is 0.183. The quantitative estimate of drug-likeness (QED) is 0.454. The lowest BCUT2D eigenvalue weighted by molar-refractivity contribution is -0.384. The fraction of sp³-hybridized carbons (Fsp3) is 0.333. The van der Waals surface area contributed by atoms with E-state index in [9.17, 15) is 22.9 Å². The topological polar surface area (TPSA) is 115 Å². The molecule has 0 amide bonds. The molecule has 0 aromatic heterocycles. The molecular formula is C9H12FN3O4S. The van der Waals surface area contributed by atoms with Gasteiger partial charge in [-0.3, -0.25) is 10.1 Å². The van der Waals surface area contributed by atoms with E-state index in [2.05, 4.69) is 5.32 Å². The highest BCUT2D eigenvalue weighted by molar-refractivity contribution is 7.89. The molecule has 0 fully saturated rings. The summed E-state index contributed by atoms with van der Waals surface area (Å²) in [6.07, 6.45) is 0.202. The molecule has 18 heavy (non-hydrogen) atoms. The van der Waals surface area contributed by atoms with Crippen LogP contribution in [0.1, 0.15) is 6.42 Å². The Bertz CT molecular complexity index is 547. The van der Waals surface area contributed by atoms with Crippen LogP contribution >= 0.6 is 0 Å². The summed E-state index contributed by atoms with van der Waals surface area (Å²) in [5, 5.41) is 18.1. The molecule has 0 radical (unpaired) electrons. The number of halogens is 1. The second kappa shape index (κ2) is 5.74. The Hall–Kier alpha value is -1.74. The maximum absolute atomic E-state index is 12.8. The average molecular weight is 277 g/mol. The Morgan fingerprint density at radius 1 is 1.44 bits per heavy atom. The Morgan fingerprint density at radius 3 is 2.67 bits per heavy atom. The van der Waals surface area contributed by atoms with Crippen LogP contribution in [0.4, 0.5) is 15.8 Å². The lowest BCUT2D eigenvalue weighted by atomic mass is 10.2. The van der Waals surface area contributed by atoms with Crippen LogP contribution in [0.3, 0.4) is 0 Å². The van der Waals surface area contributed by atoms with Crippen molar-refractivity contribution in [2.24, 2.45) is 5.14 Å². The second-order valence-corrected chi connectivity index (χ2v) is 5.30. The molecule has 0 spiro atoms. The molecular weight excluding hydrogens is 265 g/mol. The first-order chi connectivity index (χ1) is 8.29. The van der Waals surface area contributed by atoms with E-state index in [0.29, 0.717) is 0 Å². The van der Waals surface area contributed by atoms with Crippen LogP contribution in [0.5, 0.6) is 0 Å². The summed E-state index contributed by atoms with van der Waals surface area (Å²) in [5.74, 6) is -0.938. The lowest BCUT2D eigenvalue weighted by Gasteiger charge is -2.06. The molecule has 1 rings (SSSR count). The van der Waals surface area contributed by atoms with Crippen molar-refractivity contribution in [1.82, 2.24) is 0 Å². The molecule has 0 heterocycles. The van der Waals surface area contributed by atoms with Crippen LogP contribution < -0.4 is 10.5 Å². The fourth-order valence-corrected chi connectivity index (χ4v) is 1.85. The van der Waals surface area contributed by atoms with Crippen LogP contribution in [0.25, 0.3) is 0 Å². The van der Waals surface area contributed by atoms with Gasteiger partial charge in [-0.2, -0.15) is 0 Å². The van der Waals surface area contributed by atoms with Crippen molar-refractivity contribution in [1.29, 1.82) is 0 Å². The highest BCUT2D eigenvalue weighted by Gasteiger charge is 2.14. The minimum Gasteiger partial charge on any atom is -0.379 e. The van der Waals surface area contributed by atoms with E-state index in [1.807, 2.05) is 0 Å². The van der Waals surface area contributed by atoms with Gasteiger partial charge in [0, 0.05) is 6.54 Å². The van der Waals surface area contributed by atoms with E-state index in [1.54, 1.807) is 0 Å². The standard InChI is InChI=1S/C9H12FN3O4S/c10-7-2-3-8(9(6-7)13(14)15)12-4-1-5-18(11,16)17/h2-3,6,12H,1,4-5H2,(H2,11,16,17). The summed E-state index contributed by atoms with van der Waals surface area (Å²) in [4.78, 5) is 9.93. The third kappa shape index (κ3) is 4.63. The van der Waals surface area contributed by atoms with Gasteiger partial charge in [-0.05, 0) is 18.6 Å². The number of hydrogen-bond donors (Lipinski definition) is 2. The molecule has 0 atom stereocenters. The smallest absolute Gasteiger partial charge is 0.295 e. The number of anilines is 1. The molecule has 7 nitrogen and oxygen atoms in total. The van der Waals surface area contributed by atoms with Crippen molar-refractivity contribution in [3.05, 3.63) is 34.1 Å². The van der Waals surface area contributed by atoms with Crippen molar-refractivity contribution >= 4 is 21.4 Å². The Morgan fingerprint density at radius 2 is 2.11 bits per heavy atom. The zero-order chi connectivity index (χ0) is 13.8.